The van der Waals surface area contributed by atoms with Crippen molar-refractivity contribution >= 4 is 15.7 Å². The number of carbonyl (C=O) groups is 1. The van der Waals surface area contributed by atoms with E-state index in [-0.39, 0.29) is 4.90 Å². The molecule has 2 N–H and O–H groups in total. The van der Waals surface area contributed by atoms with Crippen LogP contribution in [0.3, 0.4) is 0 Å². The summed E-state index contributed by atoms with van der Waals surface area (Å²) in [6, 6.07) is 12.6. The van der Waals surface area contributed by atoms with Crippen LogP contribution in [0.5, 0.6) is 0 Å². The summed E-state index contributed by atoms with van der Waals surface area (Å²) in [5.41, 5.74) is 0.675. The average molecular weight is 351 g/mol. The predicted molar refractivity (Wildman–Crippen MR) is 88.2 cm³/mol. The maximum atomic E-state index is 13.3. The van der Waals surface area contributed by atoms with E-state index in [2.05, 4.69) is 5.32 Å². The summed E-state index contributed by atoms with van der Waals surface area (Å²) in [4.78, 5) is 12.2. The zero-order valence-electron chi connectivity index (χ0n) is 13.0. The molecule has 0 saturated carbocycles. The molecule has 7 heteroatoms. The number of nitrogens with one attached hydrogen (secondary N) is 1. The third-order valence-corrected chi connectivity index (χ3v) is 4.68. The van der Waals surface area contributed by atoms with Crippen LogP contribution in [0.2, 0.25) is 0 Å². The zero-order valence-corrected chi connectivity index (χ0v) is 13.8. The number of sulfone groups is 1. The van der Waals surface area contributed by atoms with Gasteiger partial charge in [-0.25, -0.2) is 12.8 Å². The van der Waals surface area contributed by atoms with Gasteiger partial charge < -0.3 is 10.4 Å². The molecule has 0 fully saturated rings. The van der Waals surface area contributed by atoms with E-state index < -0.39 is 34.6 Å². The van der Waals surface area contributed by atoms with Crippen LogP contribution in [0.4, 0.5) is 4.39 Å². The first-order chi connectivity index (χ1) is 11.3. The van der Waals surface area contributed by atoms with E-state index in [4.69, 9.17) is 0 Å². The molecular weight excluding hydrogens is 333 g/mol. The van der Waals surface area contributed by atoms with Gasteiger partial charge in [-0.2, -0.15) is 0 Å². The lowest BCUT2D eigenvalue weighted by atomic mass is 10.0. The Kier molecular flexibility index (Phi) is 5.69. The number of benzene rings is 2. The Labute approximate surface area is 140 Å². The van der Waals surface area contributed by atoms with E-state index in [1.54, 1.807) is 30.3 Å². The van der Waals surface area contributed by atoms with Gasteiger partial charge >= 0.3 is 0 Å². The first-order valence-electron chi connectivity index (χ1n) is 7.23. The first kappa shape index (κ1) is 18.1. The summed E-state index contributed by atoms with van der Waals surface area (Å²) in [5, 5.41) is 12.7. The van der Waals surface area contributed by atoms with Crippen LogP contribution in [0.25, 0.3) is 0 Å². The van der Waals surface area contributed by atoms with Crippen LogP contribution in [-0.4, -0.2) is 38.4 Å². The van der Waals surface area contributed by atoms with Crippen LogP contribution >= 0.6 is 0 Å². The minimum Gasteiger partial charge on any atom is -0.386 e. The van der Waals surface area contributed by atoms with Gasteiger partial charge in [-0.15, -0.1) is 0 Å². The molecule has 1 amide bonds. The van der Waals surface area contributed by atoms with E-state index in [1.165, 1.54) is 24.3 Å². The lowest BCUT2D eigenvalue weighted by Gasteiger charge is -2.22. The molecule has 0 spiro atoms. The minimum absolute atomic E-state index is 0.101. The quantitative estimate of drug-likeness (QED) is 0.832. The Morgan fingerprint density at radius 3 is 2.21 bits per heavy atom. The number of hydrogen-bond donors (Lipinski definition) is 2. The highest BCUT2D eigenvalue weighted by Crippen LogP contribution is 2.20. The largest absolute Gasteiger partial charge is 0.386 e. The van der Waals surface area contributed by atoms with Crippen molar-refractivity contribution in [2.45, 2.75) is 17.0 Å². The summed E-state index contributed by atoms with van der Waals surface area (Å²) in [7, 11) is -3.35. The standard InChI is InChI=1S/C17H18FNO4S/c1-24(22,23)14-9-7-12(8-10-14)16(20)15(11-18)19-17(21)13-5-3-2-4-6-13/h2-10,15-16,20H,11H2,1H3,(H,19,21). The molecule has 0 aliphatic heterocycles. The van der Waals surface area contributed by atoms with Gasteiger partial charge in [0.05, 0.1) is 10.9 Å². The summed E-state index contributed by atoms with van der Waals surface area (Å²) >= 11 is 0. The molecular formula is C17H18FNO4S. The number of aliphatic hydroxyl groups is 1. The second kappa shape index (κ2) is 7.55. The molecule has 0 aliphatic rings. The molecule has 128 valence electrons. The SMILES string of the molecule is CS(=O)(=O)c1ccc(C(O)C(CF)NC(=O)c2ccccc2)cc1. The van der Waals surface area contributed by atoms with Gasteiger partial charge in [-0.3, -0.25) is 4.79 Å². The summed E-state index contributed by atoms with van der Waals surface area (Å²) in [6.07, 6.45) is -0.223. The van der Waals surface area contributed by atoms with Crippen molar-refractivity contribution in [1.82, 2.24) is 5.32 Å². The molecule has 2 rings (SSSR count). The smallest absolute Gasteiger partial charge is 0.251 e. The van der Waals surface area contributed by atoms with E-state index in [0.717, 1.165) is 6.26 Å². The van der Waals surface area contributed by atoms with Crippen LogP contribution in [0, 0.1) is 0 Å². The molecule has 0 bridgehead atoms. The molecule has 0 aromatic heterocycles. The molecule has 2 aromatic rings. The van der Waals surface area contributed by atoms with E-state index >= 15 is 0 Å². The number of carbonyl (C=O) groups excluding carboxylic acids is 1. The van der Waals surface area contributed by atoms with Gasteiger partial charge in [0.15, 0.2) is 9.84 Å². The Hall–Kier alpha value is -2.25. The highest BCUT2D eigenvalue weighted by Gasteiger charge is 2.23. The minimum atomic E-state index is -3.35. The van der Waals surface area contributed by atoms with Crippen molar-refractivity contribution in [1.29, 1.82) is 0 Å². The first-order valence-corrected chi connectivity index (χ1v) is 9.12. The van der Waals surface area contributed by atoms with Gasteiger partial charge in [-0.05, 0) is 29.8 Å². The molecule has 0 aliphatic carbocycles. The van der Waals surface area contributed by atoms with Crippen LogP contribution in [0.15, 0.2) is 59.5 Å². The molecule has 5 nitrogen and oxygen atoms in total. The van der Waals surface area contributed by atoms with Gasteiger partial charge in [0, 0.05) is 11.8 Å². The van der Waals surface area contributed by atoms with Crippen molar-refractivity contribution in [2.75, 3.05) is 12.9 Å². The molecule has 2 unspecified atom stereocenters. The fraction of sp³-hybridized carbons (Fsp3) is 0.235. The molecule has 0 saturated heterocycles. The van der Waals surface area contributed by atoms with Gasteiger partial charge in [0.2, 0.25) is 0 Å². The average Bonchev–Trinajstić information content (AvgIpc) is 2.59. The highest BCUT2D eigenvalue weighted by molar-refractivity contribution is 7.90. The van der Waals surface area contributed by atoms with Gasteiger partial charge in [-0.1, -0.05) is 30.3 Å². The number of amides is 1. The molecule has 0 radical (unpaired) electrons. The third kappa shape index (κ3) is 4.39. The zero-order chi connectivity index (χ0) is 17.7. The number of alkyl halides is 1. The van der Waals surface area contributed by atoms with Crippen molar-refractivity contribution in [3.05, 3.63) is 65.7 Å². The van der Waals surface area contributed by atoms with E-state index in [9.17, 15) is 22.7 Å². The van der Waals surface area contributed by atoms with Gasteiger partial charge in [0.1, 0.15) is 12.8 Å². The fourth-order valence-electron chi connectivity index (χ4n) is 2.19. The van der Waals surface area contributed by atoms with Crippen LogP contribution < -0.4 is 5.32 Å². The molecule has 0 heterocycles. The van der Waals surface area contributed by atoms with Crippen LogP contribution in [0.1, 0.15) is 22.0 Å². The Bertz CT molecular complexity index is 791. The number of aliphatic hydroxyl groups excluding tert-OH is 1. The lowest BCUT2D eigenvalue weighted by Crippen LogP contribution is -2.41. The lowest BCUT2D eigenvalue weighted by molar-refractivity contribution is 0.0791. The molecule has 2 aromatic carbocycles. The summed E-state index contributed by atoms with van der Waals surface area (Å²) < 4.78 is 36.1. The summed E-state index contributed by atoms with van der Waals surface area (Å²) in [5.74, 6) is -0.495. The highest BCUT2D eigenvalue weighted by atomic mass is 32.2. The normalized spacial score (nSPS) is 14.0. The maximum Gasteiger partial charge on any atom is 0.251 e. The monoisotopic (exact) mass is 351 g/mol. The third-order valence-electron chi connectivity index (χ3n) is 3.55. The topological polar surface area (TPSA) is 83.5 Å². The molecule has 2 atom stereocenters. The number of rotatable bonds is 6. The summed E-state index contributed by atoms with van der Waals surface area (Å²) in [6.45, 7) is -0.965. The Morgan fingerprint density at radius 2 is 1.71 bits per heavy atom. The predicted octanol–water partition coefficient (Wildman–Crippen LogP) is 1.89. The second-order valence-corrected chi connectivity index (χ2v) is 7.40. The Balaban J connectivity index is 2.14. The van der Waals surface area contributed by atoms with Crippen molar-refractivity contribution in [3.63, 3.8) is 0 Å². The van der Waals surface area contributed by atoms with Crippen molar-refractivity contribution in [3.8, 4) is 0 Å². The van der Waals surface area contributed by atoms with Gasteiger partial charge in [0.25, 0.3) is 5.91 Å². The maximum absolute atomic E-state index is 13.3. The fourth-order valence-corrected chi connectivity index (χ4v) is 2.82. The van der Waals surface area contributed by atoms with E-state index in [1.807, 2.05) is 0 Å². The van der Waals surface area contributed by atoms with Crippen molar-refractivity contribution in [2.24, 2.45) is 0 Å². The van der Waals surface area contributed by atoms with Crippen molar-refractivity contribution < 1.29 is 22.7 Å². The number of hydrogen-bond acceptors (Lipinski definition) is 4. The van der Waals surface area contributed by atoms with Crippen LogP contribution in [-0.2, 0) is 9.84 Å². The second-order valence-electron chi connectivity index (χ2n) is 5.39. The molecule has 24 heavy (non-hydrogen) atoms. The Morgan fingerprint density at radius 1 is 1.12 bits per heavy atom. The van der Waals surface area contributed by atoms with E-state index in [0.29, 0.717) is 11.1 Å². The number of halogens is 1.